The van der Waals surface area contributed by atoms with Crippen molar-refractivity contribution in [3.8, 4) is 0 Å². The van der Waals surface area contributed by atoms with Gasteiger partial charge in [0.15, 0.2) is 0 Å². The van der Waals surface area contributed by atoms with Gasteiger partial charge in [0.2, 0.25) is 6.16 Å². The molecule has 0 atom stereocenters. The molecular formula is C2HCsKNaO6. The Balaban J connectivity index is -0.0000000171. The molecule has 6 nitrogen and oxygen atoms in total. The topological polar surface area (TPSA) is 124 Å². The van der Waals surface area contributed by atoms with Crippen molar-refractivity contribution in [3.05, 3.63) is 0 Å². The van der Waals surface area contributed by atoms with Gasteiger partial charge in [0, 0.05) is 0 Å². The van der Waals surface area contributed by atoms with Gasteiger partial charge in [-0.15, -0.1) is 0 Å². The summed E-state index contributed by atoms with van der Waals surface area (Å²) in [6.45, 7) is 0. The largest absolute Gasteiger partial charge is 1.00 e. The Morgan fingerprint density at radius 3 is 1.09 bits per heavy atom. The van der Waals surface area contributed by atoms with Crippen molar-refractivity contribution < 1.29 is 180 Å². The molecule has 0 bridgehead atoms. The van der Waals surface area contributed by atoms with Gasteiger partial charge in [-0.3, -0.25) is 0 Å². The third kappa shape index (κ3) is 160. The first-order valence-electron chi connectivity index (χ1n) is 1.24. The van der Waals surface area contributed by atoms with E-state index in [1.807, 2.05) is 0 Å². The maximum Gasteiger partial charge on any atom is 1.00 e. The Kier molecular flexibility index (Phi) is 61.7. The second-order valence-electron chi connectivity index (χ2n) is 0.516. The minimum absolute atomic E-state index is 0. The van der Waals surface area contributed by atoms with Crippen LogP contribution in [0.15, 0.2) is 0 Å². The van der Waals surface area contributed by atoms with E-state index >= 15 is 0 Å². The molecule has 0 heterocycles. The van der Waals surface area contributed by atoms with E-state index in [0.29, 0.717) is 0 Å². The molecule has 9 heteroatoms. The molecule has 0 aliphatic rings. The second kappa shape index (κ2) is 23.2. The molecule has 0 fully saturated rings. The van der Waals surface area contributed by atoms with Crippen molar-refractivity contribution >= 4 is 12.3 Å². The van der Waals surface area contributed by atoms with Crippen LogP contribution in [0.25, 0.3) is 0 Å². The van der Waals surface area contributed by atoms with E-state index in [0.717, 1.165) is 0 Å². The summed E-state index contributed by atoms with van der Waals surface area (Å²) in [6, 6.07) is 0. The Hall–Kier alpha value is 3.23. The van der Waals surface area contributed by atoms with Crippen molar-refractivity contribution in [1.29, 1.82) is 0 Å². The van der Waals surface area contributed by atoms with Gasteiger partial charge in [0.1, 0.15) is 0 Å². The smallest absolute Gasteiger partial charge is 0.652 e. The molecule has 0 spiro atoms. The second-order valence-corrected chi connectivity index (χ2v) is 0.516. The number of rotatable bonds is 0. The Bertz CT molecular complexity index is 78.6. The van der Waals surface area contributed by atoms with E-state index < -0.39 is 12.3 Å². The van der Waals surface area contributed by atoms with Crippen molar-refractivity contribution in [2.24, 2.45) is 0 Å². The van der Waals surface area contributed by atoms with Crippen LogP contribution in [0.2, 0.25) is 0 Å². The van der Waals surface area contributed by atoms with Crippen molar-refractivity contribution in [3.63, 3.8) is 0 Å². The molecule has 0 saturated carbocycles. The summed E-state index contributed by atoms with van der Waals surface area (Å²) in [5, 5.41) is 32.0. The van der Waals surface area contributed by atoms with E-state index in [1.54, 1.807) is 0 Å². The number of hydrogen-bond donors (Lipinski definition) is 1. The van der Waals surface area contributed by atoms with Gasteiger partial charge >= 0.3 is 150 Å². The van der Waals surface area contributed by atoms with Crippen LogP contribution in [0.4, 0.5) is 9.59 Å². The van der Waals surface area contributed by atoms with E-state index in [9.17, 15) is 0 Å². The molecule has 0 amide bonds. The standard InChI is InChI=1S/2CH2O3.Cs.K.Na/c2*2-1(3)4;;;/h2*(H2,2,3,4);;;/q;;3*+1/p-3. The third-order valence-electron chi connectivity index (χ3n) is 0. The molecule has 0 aromatic carbocycles. The molecule has 11 heavy (non-hydrogen) atoms. The Labute approximate surface area is 186 Å². The number of hydrogen-bond acceptors (Lipinski definition) is 5. The SMILES string of the molecule is O=C([O-])O.O=C([O-])[O-].[Cs+].[K+].[Na+]. The average Bonchev–Trinajstić information content (AvgIpc) is 1.25. The summed E-state index contributed by atoms with van der Waals surface area (Å²) in [4.78, 5) is 16.8. The van der Waals surface area contributed by atoms with E-state index in [-0.39, 0.29) is 150 Å². The molecule has 0 aromatic heterocycles. The molecular weight excluding hydrogens is 315 g/mol. The molecule has 0 aromatic rings. The molecule has 48 valence electrons. The fourth-order valence-electron chi connectivity index (χ4n) is 0. The fraction of sp³-hybridized carbons (Fsp3) is 0. The summed E-state index contributed by atoms with van der Waals surface area (Å²) in [6.07, 6.45) is -4.42. The van der Waals surface area contributed by atoms with Crippen LogP contribution in [0.1, 0.15) is 0 Å². The zero-order valence-corrected chi connectivity index (χ0v) is 17.9. The fourth-order valence-corrected chi connectivity index (χ4v) is 0. The zero-order valence-electron chi connectivity index (χ0n) is 6.49. The molecule has 0 aliphatic carbocycles. The molecule has 1 N–H and O–H groups in total. The van der Waals surface area contributed by atoms with Gasteiger partial charge in [-0.25, -0.2) is 0 Å². The number of carboxylic acid groups (broad SMARTS) is 4. The maximum atomic E-state index is 8.44. The van der Waals surface area contributed by atoms with E-state index in [2.05, 4.69) is 0 Å². The monoisotopic (exact) mass is 316 g/mol. The Morgan fingerprint density at radius 1 is 1.09 bits per heavy atom. The van der Waals surface area contributed by atoms with Gasteiger partial charge in [-0.05, 0) is 6.16 Å². The van der Waals surface area contributed by atoms with Crippen LogP contribution >= 0.6 is 0 Å². The quantitative estimate of drug-likeness (QED) is 0.443. The number of carbonyl (C=O) groups is 2. The molecule has 0 unspecified atom stereocenters. The first-order chi connectivity index (χ1) is 3.46. The maximum absolute atomic E-state index is 8.44. The molecule has 0 radical (unpaired) electrons. The summed E-state index contributed by atoms with van der Waals surface area (Å²) in [5.41, 5.74) is 0. The molecule has 0 saturated heterocycles. The predicted octanol–water partition coefficient (Wildman–Crippen LogP) is -12.5. The normalized spacial score (nSPS) is 4.36. The van der Waals surface area contributed by atoms with Gasteiger partial charge in [-0.2, -0.15) is 0 Å². The summed E-state index contributed by atoms with van der Waals surface area (Å²) >= 11 is 0. The summed E-state index contributed by atoms with van der Waals surface area (Å²) < 4.78 is 0. The van der Waals surface area contributed by atoms with Crippen LogP contribution < -0.4 is 165 Å². The average molecular weight is 316 g/mol. The van der Waals surface area contributed by atoms with Crippen LogP contribution in [-0.4, -0.2) is 17.4 Å². The molecule has 0 aliphatic heterocycles. The molecule has 0 rings (SSSR count). The van der Waals surface area contributed by atoms with Gasteiger partial charge in [-0.1, -0.05) is 0 Å². The van der Waals surface area contributed by atoms with Crippen molar-refractivity contribution in [2.45, 2.75) is 0 Å². The van der Waals surface area contributed by atoms with Gasteiger partial charge in [0.25, 0.3) is 0 Å². The van der Waals surface area contributed by atoms with Crippen LogP contribution in [0.5, 0.6) is 0 Å². The van der Waals surface area contributed by atoms with E-state index in [4.69, 9.17) is 30.0 Å². The summed E-state index contributed by atoms with van der Waals surface area (Å²) in [7, 11) is 0. The van der Waals surface area contributed by atoms with Crippen molar-refractivity contribution in [1.82, 2.24) is 0 Å². The third-order valence-corrected chi connectivity index (χ3v) is 0. The first-order valence-corrected chi connectivity index (χ1v) is 1.24. The minimum Gasteiger partial charge on any atom is -0.652 e. The zero-order chi connectivity index (χ0) is 7.15. The van der Waals surface area contributed by atoms with Gasteiger partial charge < -0.3 is 30.0 Å². The minimum atomic E-state index is -2.33. The Morgan fingerprint density at radius 2 is 1.09 bits per heavy atom. The summed E-state index contributed by atoms with van der Waals surface area (Å²) in [5.74, 6) is 0. The first kappa shape index (κ1) is 29.2. The van der Waals surface area contributed by atoms with Gasteiger partial charge in [0.05, 0.1) is 0 Å². The van der Waals surface area contributed by atoms with Crippen molar-refractivity contribution in [2.75, 3.05) is 0 Å². The van der Waals surface area contributed by atoms with Crippen LogP contribution in [0, 0.1) is 0 Å². The van der Waals surface area contributed by atoms with Crippen LogP contribution in [-0.2, 0) is 0 Å². The van der Waals surface area contributed by atoms with E-state index in [1.165, 1.54) is 0 Å². The predicted molar refractivity (Wildman–Crippen MR) is 13.4 cm³/mol. The number of carbonyl (C=O) groups excluding carboxylic acids is 1. The van der Waals surface area contributed by atoms with Crippen LogP contribution in [0.3, 0.4) is 0 Å².